The van der Waals surface area contributed by atoms with Gasteiger partial charge in [-0.1, -0.05) is 34.8 Å². The van der Waals surface area contributed by atoms with Gasteiger partial charge in [0.1, 0.15) is 0 Å². The van der Waals surface area contributed by atoms with Crippen molar-refractivity contribution in [2.45, 2.75) is 29.3 Å². The van der Waals surface area contributed by atoms with Gasteiger partial charge < -0.3 is 9.84 Å². The quantitative estimate of drug-likeness (QED) is 0.523. The molecule has 0 bridgehead atoms. The Balaban J connectivity index is 2.69. The Labute approximate surface area is 90.9 Å². The fraction of sp³-hybridized carbons (Fsp3) is 0.857. The molecule has 0 aromatic carbocycles. The van der Waals surface area contributed by atoms with Crippen LogP contribution in [0.1, 0.15) is 13.3 Å². The molecule has 1 aliphatic heterocycles. The highest BCUT2D eigenvalue weighted by Crippen LogP contribution is 2.38. The number of ether oxygens (including phenoxy) is 1. The number of halogens is 3. The van der Waals surface area contributed by atoms with Gasteiger partial charge in [0.05, 0.1) is 12.0 Å². The van der Waals surface area contributed by atoms with Gasteiger partial charge in [0.2, 0.25) is 3.79 Å². The minimum atomic E-state index is -1.67. The summed E-state index contributed by atoms with van der Waals surface area (Å²) in [6.45, 7) is 1.57. The summed E-state index contributed by atoms with van der Waals surface area (Å²) in [4.78, 5) is 11.1. The SMILES string of the molecule is C[C@@H]1C(=O)O[C@@H](C(Cl)(Cl)Cl)C[C@@H]1O. The number of rotatable bonds is 0. The zero-order chi connectivity index (χ0) is 10.2. The van der Waals surface area contributed by atoms with Crippen LogP contribution in [-0.2, 0) is 9.53 Å². The van der Waals surface area contributed by atoms with Crippen LogP contribution in [0.15, 0.2) is 0 Å². The van der Waals surface area contributed by atoms with Crippen LogP contribution in [0.25, 0.3) is 0 Å². The lowest BCUT2D eigenvalue weighted by molar-refractivity contribution is -0.168. The van der Waals surface area contributed by atoms with E-state index in [0.717, 1.165) is 0 Å². The number of hydrogen-bond acceptors (Lipinski definition) is 3. The van der Waals surface area contributed by atoms with Crippen molar-refractivity contribution in [1.82, 2.24) is 0 Å². The first-order valence-corrected chi connectivity index (χ1v) is 4.91. The summed E-state index contributed by atoms with van der Waals surface area (Å²) in [6, 6.07) is 0. The Morgan fingerprint density at radius 1 is 1.54 bits per heavy atom. The predicted octanol–water partition coefficient (Wildman–Crippen LogP) is 1.67. The highest BCUT2D eigenvalue weighted by molar-refractivity contribution is 6.68. The zero-order valence-corrected chi connectivity index (χ0v) is 9.10. The van der Waals surface area contributed by atoms with Crippen molar-refractivity contribution in [2.24, 2.45) is 5.92 Å². The minimum absolute atomic E-state index is 0.156. The predicted molar refractivity (Wildman–Crippen MR) is 50.0 cm³/mol. The largest absolute Gasteiger partial charge is 0.457 e. The lowest BCUT2D eigenvalue weighted by atomic mass is 9.96. The van der Waals surface area contributed by atoms with Gasteiger partial charge in [0.25, 0.3) is 0 Å². The molecule has 1 fully saturated rings. The third kappa shape index (κ3) is 2.62. The maximum atomic E-state index is 11.1. The zero-order valence-electron chi connectivity index (χ0n) is 6.84. The second-order valence-corrected chi connectivity index (χ2v) is 5.43. The summed E-state index contributed by atoms with van der Waals surface area (Å²) < 4.78 is 3.17. The van der Waals surface area contributed by atoms with Crippen LogP contribution in [0, 0.1) is 5.92 Å². The van der Waals surface area contributed by atoms with E-state index < -0.39 is 27.9 Å². The van der Waals surface area contributed by atoms with E-state index in [1.807, 2.05) is 0 Å². The van der Waals surface area contributed by atoms with Crippen molar-refractivity contribution < 1.29 is 14.6 Å². The maximum absolute atomic E-state index is 11.1. The second-order valence-electron chi connectivity index (χ2n) is 3.06. The van der Waals surface area contributed by atoms with Gasteiger partial charge >= 0.3 is 5.97 Å². The van der Waals surface area contributed by atoms with Crippen molar-refractivity contribution in [3.63, 3.8) is 0 Å². The van der Waals surface area contributed by atoms with Gasteiger partial charge in [-0.25, -0.2) is 0 Å². The second kappa shape index (κ2) is 3.81. The number of hydrogen-bond donors (Lipinski definition) is 1. The lowest BCUT2D eigenvalue weighted by Gasteiger charge is -2.33. The smallest absolute Gasteiger partial charge is 0.311 e. The molecular formula is C7H9Cl3O3. The number of aliphatic hydroxyl groups is 1. The molecule has 6 heteroatoms. The summed E-state index contributed by atoms with van der Waals surface area (Å²) >= 11 is 16.6. The molecule has 0 unspecified atom stereocenters. The summed E-state index contributed by atoms with van der Waals surface area (Å²) in [5.74, 6) is -1.08. The highest BCUT2D eigenvalue weighted by Gasteiger charge is 2.44. The van der Waals surface area contributed by atoms with Crippen LogP contribution in [-0.4, -0.2) is 27.1 Å². The first-order valence-electron chi connectivity index (χ1n) is 3.77. The molecule has 0 aromatic heterocycles. The van der Waals surface area contributed by atoms with Gasteiger partial charge in [-0.2, -0.15) is 0 Å². The lowest BCUT2D eigenvalue weighted by Crippen LogP contribution is -2.45. The molecule has 1 aliphatic rings. The minimum Gasteiger partial charge on any atom is -0.457 e. The number of alkyl halides is 3. The number of esters is 1. The Morgan fingerprint density at radius 2 is 2.08 bits per heavy atom. The van der Waals surface area contributed by atoms with Gasteiger partial charge in [0, 0.05) is 6.42 Å². The normalized spacial score (nSPS) is 35.8. The van der Waals surface area contributed by atoms with Crippen molar-refractivity contribution in [1.29, 1.82) is 0 Å². The first-order chi connectivity index (χ1) is 5.82. The molecule has 0 aromatic rings. The molecule has 0 radical (unpaired) electrons. The monoisotopic (exact) mass is 246 g/mol. The molecule has 1 heterocycles. The van der Waals surface area contributed by atoms with Crippen LogP contribution in [0.5, 0.6) is 0 Å². The van der Waals surface area contributed by atoms with Gasteiger partial charge in [-0.3, -0.25) is 4.79 Å². The van der Waals surface area contributed by atoms with Crippen LogP contribution in [0.4, 0.5) is 0 Å². The molecule has 1 saturated heterocycles. The summed E-state index contributed by atoms with van der Waals surface area (Å²) in [5.41, 5.74) is 0. The number of carbonyl (C=O) groups is 1. The van der Waals surface area contributed by atoms with E-state index in [1.165, 1.54) is 0 Å². The van der Waals surface area contributed by atoms with Crippen LogP contribution >= 0.6 is 34.8 Å². The van der Waals surface area contributed by atoms with E-state index in [0.29, 0.717) is 0 Å². The number of aliphatic hydroxyl groups excluding tert-OH is 1. The summed E-state index contributed by atoms with van der Waals surface area (Å²) in [6.07, 6.45) is -1.51. The van der Waals surface area contributed by atoms with E-state index in [-0.39, 0.29) is 6.42 Å². The summed E-state index contributed by atoms with van der Waals surface area (Å²) in [5, 5.41) is 9.41. The molecule has 1 rings (SSSR count). The van der Waals surface area contributed by atoms with Crippen LogP contribution in [0.2, 0.25) is 0 Å². The first kappa shape index (κ1) is 11.4. The Bertz CT molecular complexity index is 214. The van der Waals surface area contributed by atoms with E-state index in [9.17, 15) is 9.90 Å². The van der Waals surface area contributed by atoms with Gasteiger partial charge in [-0.05, 0) is 6.92 Å². The van der Waals surface area contributed by atoms with Crippen molar-refractivity contribution in [3.05, 3.63) is 0 Å². The van der Waals surface area contributed by atoms with Gasteiger partial charge in [-0.15, -0.1) is 0 Å². The average molecular weight is 248 g/mol. The van der Waals surface area contributed by atoms with E-state index in [2.05, 4.69) is 0 Å². The standard InChI is InChI=1S/C7H9Cl3O3/c1-3-4(11)2-5(7(8,9)10)13-6(3)12/h3-5,11H,2H2,1H3/t3-,4-,5+/m0/s1. The molecular weight excluding hydrogens is 238 g/mol. The number of cyclic esters (lactones) is 1. The molecule has 1 N–H and O–H groups in total. The van der Waals surface area contributed by atoms with Crippen molar-refractivity contribution in [2.75, 3.05) is 0 Å². The molecule has 3 nitrogen and oxygen atoms in total. The Kier molecular flexibility index (Phi) is 3.33. The molecule has 13 heavy (non-hydrogen) atoms. The molecule has 76 valence electrons. The highest BCUT2D eigenvalue weighted by atomic mass is 35.6. The van der Waals surface area contributed by atoms with Crippen LogP contribution in [0.3, 0.4) is 0 Å². The molecule has 0 aliphatic carbocycles. The van der Waals surface area contributed by atoms with Gasteiger partial charge in [0.15, 0.2) is 6.10 Å². The summed E-state index contributed by atoms with van der Waals surface area (Å²) in [7, 11) is 0. The van der Waals surface area contributed by atoms with Crippen LogP contribution < -0.4 is 0 Å². The van der Waals surface area contributed by atoms with E-state index >= 15 is 0 Å². The van der Waals surface area contributed by atoms with E-state index in [4.69, 9.17) is 39.5 Å². The fourth-order valence-corrected chi connectivity index (χ4v) is 1.48. The molecule has 3 atom stereocenters. The van der Waals surface area contributed by atoms with E-state index in [1.54, 1.807) is 6.92 Å². The third-order valence-corrected chi connectivity index (χ3v) is 2.76. The molecule has 0 amide bonds. The Hall–Kier alpha value is 0.300. The molecule has 0 spiro atoms. The topological polar surface area (TPSA) is 46.5 Å². The third-order valence-electron chi connectivity index (χ3n) is 2.03. The molecule has 0 saturated carbocycles. The maximum Gasteiger partial charge on any atom is 0.311 e. The average Bonchev–Trinajstić information content (AvgIpc) is 1.97. The fourth-order valence-electron chi connectivity index (χ4n) is 1.08. The van der Waals surface area contributed by atoms with Crippen molar-refractivity contribution in [3.8, 4) is 0 Å². The number of carbonyl (C=O) groups excluding carboxylic acids is 1. The Morgan fingerprint density at radius 3 is 2.46 bits per heavy atom. The van der Waals surface area contributed by atoms with Crippen molar-refractivity contribution >= 4 is 40.8 Å².